The Morgan fingerprint density at radius 3 is 2.32 bits per heavy atom. The third-order valence-electron chi connectivity index (χ3n) is 3.24. The van der Waals surface area contributed by atoms with E-state index in [2.05, 4.69) is 9.97 Å². The number of rotatable bonds is 6. The van der Waals surface area contributed by atoms with Crippen LogP contribution in [0.1, 0.15) is 26.3 Å². The van der Waals surface area contributed by atoms with E-state index < -0.39 is 11.7 Å². The lowest BCUT2D eigenvalue weighted by Gasteiger charge is -2.23. The van der Waals surface area contributed by atoms with Gasteiger partial charge in [-0.3, -0.25) is 0 Å². The van der Waals surface area contributed by atoms with E-state index in [9.17, 15) is 13.2 Å². The summed E-state index contributed by atoms with van der Waals surface area (Å²) in [4.78, 5) is 8.88. The lowest BCUT2D eigenvalue weighted by Crippen LogP contribution is -2.19. The van der Waals surface area contributed by atoms with Gasteiger partial charge in [-0.05, 0) is 45.0 Å². The average molecular weight is 355 g/mol. The average Bonchev–Trinajstić information content (AvgIpc) is 2.53. The Kier molecular flexibility index (Phi) is 5.71. The molecule has 0 aliphatic heterocycles. The molecular weight excluding hydrogens is 335 g/mol. The second kappa shape index (κ2) is 7.58. The molecule has 0 saturated carbocycles. The molecule has 0 bridgehead atoms. The second-order valence-corrected chi connectivity index (χ2v) is 5.54. The van der Waals surface area contributed by atoms with Crippen molar-refractivity contribution in [1.82, 2.24) is 9.97 Å². The lowest BCUT2D eigenvalue weighted by molar-refractivity contribution is -0.137. The first-order valence-corrected chi connectivity index (χ1v) is 7.79. The molecule has 1 heterocycles. The van der Waals surface area contributed by atoms with Gasteiger partial charge in [-0.15, -0.1) is 0 Å². The van der Waals surface area contributed by atoms with E-state index in [4.69, 9.17) is 9.47 Å². The number of anilines is 2. The molecule has 5 nitrogen and oxygen atoms in total. The quantitative estimate of drug-likeness (QED) is 0.766. The Morgan fingerprint density at radius 1 is 1.16 bits per heavy atom. The molecule has 136 valence electrons. The van der Waals surface area contributed by atoms with Gasteiger partial charge >= 0.3 is 12.2 Å². The number of aromatic nitrogens is 2. The molecule has 1 aromatic carbocycles. The van der Waals surface area contributed by atoms with Crippen molar-refractivity contribution in [2.45, 2.75) is 33.1 Å². The van der Waals surface area contributed by atoms with Crippen LogP contribution in [0.4, 0.5) is 24.7 Å². The topological polar surface area (TPSA) is 47.5 Å². The molecule has 0 aliphatic rings. The smallest absolute Gasteiger partial charge is 0.421 e. The van der Waals surface area contributed by atoms with Crippen molar-refractivity contribution in [3.8, 4) is 11.8 Å². The van der Waals surface area contributed by atoms with Crippen LogP contribution in [-0.2, 0) is 6.18 Å². The van der Waals surface area contributed by atoms with Crippen LogP contribution < -0.4 is 14.4 Å². The van der Waals surface area contributed by atoms with Crippen LogP contribution in [0.2, 0.25) is 0 Å². The zero-order chi connectivity index (χ0) is 18.6. The van der Waals surface area contributed by atoms with E-state index in [0.29, 0.717) is 11.4 Å². The van der Waals surface area contributed by atoms with Gasteiger partial charge in [-0.1, -0.05) is 0 Å². The molecule has 0 saturated heterocycles. The fourth-order valence-corrected chi connectivity index (χ4v) is 2.15. The van der Waals surface area contributed by atoms with Crippen molar-refractivity contribution >= 4 is 11.5 Å². The molecular formula is C17H20F3N3O2. The van der Waals surface area contributed by atoms with Gasteiger partial charge in [0, 0.05) is 18.9 Å². The third kappa shape index (κ3) is 4.74. The van der Waals surface area contributed by atoms with E-state index in [0.717, 1.165) is 6.20 Å². The number of hydrogen-bond donors (Lipinski definition) is 0. The summed E-state index contributed by atoms with van der Waals surface area (Å²) >= 11 is 0. The maximum Gasteiger partial charge on any atom is 0.421 e. The van der Waals surface area contributed by atoms with Gasteiger partial charge in [0.15, 0.2) is 5.82 Å². The van der Waals surface area contributed by atoms with Gasteiger partial charge in [0.25, 0.3) is 0 Å². The van der Waals surface area contributed by atoms with Crippen LogP contribution in [0.15, 0.2) is 30.5 Å². The minimum Gasteiger partial charge on any atom is -0.491 e. The van der Waals surface area contributed by atoms with E-state index in [1.54, 1.807) is 31.2 Å². The lowest BCUT2D eigenvalue weighted by atomic mass is 10.2. The van der Waals surface area contributed by atoms with Crippen LogP contribution in [0.3, 0.4) is 0 Å². The maximum atomic E-state index is 13.3. The minimum atomic E-state index is -4.57. The molecule has 2 rings (SSSR count). The van der Waals surface area contributed by atoms with Gasteiger partial charge in [-0.2, -0.15) is 18.2 Å². The molecule has 0 unspecified atom stereocenters. The normalized spacial score (nSPS) is 11.5. The van der Waals surface area contributed by atoms with Crippen molar-refractivity contribution in [2.75, 3.05) is 18.6 Å². The predicted molar refractivity (Wildman–Crippen MR) is 88.5 cm³/mol. The summed E-state index contributed by atoms with van der Waals surface area (Å²) in [7, 11) is 1.51. The van der Waals surface area contributed by atoms with Gasteiger partial charge in [0.05, 0.1) is 12.7 Å². The summed E-state index contributed by atoms with van der Waals surface area (Å²) in [6.07, 6.45) is -3.83. The van der Waals surface area contributed by atoms with Crippen molar-refractivity contribution < 1.29 is 22.6 Å². The summed E-state index contributed by atoms with van der Waals surface area (Å²) < 4.78 is 50.5. The maximum absolute atomic E-state index is 13.3. The van der Waals surface area contributed by atoms with Crippen molar-refractivity contribution in [3.63, 3.8) is 0 Å². The van der Waals surface area contributed by atoms with Gasteiger partial charge < -0.3 is 14.4 Å². The standard InChI is InChI=1S/C17H20F3N3O2/c1-5-24-16-21-10-14(17(18,19)20)15(22-16)23(4)12-6-8-13(9-7-12)25-11(2)3/h6-11H,5H2,1-4H3. The van der Waals surface area contributed by atoms with Gasteiger partial charge in [0.1, 0.15) is 11.3 Å². The molecule has 0 fully saturated rings. The molecule has 8 heteroatoms. The first-order chi connectivity index (χ1) is 11.7. The van der Waals surface area contributed by atoms with E-state index in [1.807, 2.05) is 13.8 Å². The van der Waals surface area contributed by atoms with Crippen LogP contribution in [0, 0.1) is 0 Å². The molecule has 25 heavy (non-hydrogen) atoms. The molecule has 0 spiro atoms. The number of halogens is 3. The number of ether oxygens (including phenoxy) is 2. The molecule has 1 aromatic heterocycles. The Bertz CT molecular complexity index is 703. The summed E-state index contributed by atoms with van der Waals surface area (Å²) in [5, 5.41) is 0. The molecule has 0 amide bonds. The fourth-order valence-electron chi connectivity index (χ4n) is 2.15. The Labute approximate surface area is 144 Å². The Morgan fingerprint density at radius 2 is 1.80 bits per heavy atom. The van der Waals surface area contributed by atoms with Crippen molar-refractivity contribution in [1.29, 1.82) is 0 Å². The second-order valence-electron chi connectivity index (χ2n) is 5.54. The van der Waals surface area contributed by atoms with Crippen LogP contribution in [-0.4, -0.2) is 29.7 Å². The molecule has 0 radical (unpaired) electrons. The van der Waals surface area contributed by atoms with Gasteiger partial charge in [0.2, 0.25) is 0 Å². The third-order valence-corrected chi connectivity index (χ3v) is 3.24. The minimum absolute atomic E-state index is 0.0102. The highest BCUT2D eigenvalue weighted by molar-refractivity contribution is 5.63. The highest BCUT2D eigenvalue weighted by Crippen LogP contribution is 2.37. The SMILES string of the molecule is CCOc1ncc(C(F)(F)F)c(N(C)c2ccc(OC(C)C)cc2)n1. The highest BCUT2D eigenvalue weighted by Gasteiger charge is 2.36. The van der Waals surface area contributed by atoms with Crippen LogP contribution in [0.5, 0.6) is 11.8 Å². The van der Waals surface area contributed by atoms with Crippen LogP contribution in [0.25, 0.3) is 0 Å². The number of benzene rings is 1. The fraction of sp³-hybridized carbons (Fsp3) is 0.412. The number of nitrogens with zero attached hydrogens (tertiary/aromatic N) is 3. The number of hydrogen-bond acceptors (Lipinski definition) is 5. The Balaban J connectivity index is 2.39. The monoisotopic (exact) mass is 355 g/mol. The Hall–Kier alpha value is -2.51. The number of alkyl halides is 3. The molecule has 2 aromatic rings. The highest BCUT2D eigenvalue weighted by atomic mass is 19.4. The first kappa shape index (κ1) is 18.8. The summed E-state index contributed by atoms with van der Waals surface area (Å²) in [6, 6.07) is 6.63. The van der Waals surface area contributed by atoms with Crippen LogP contribution >= 0.6 is 0 Å². The van der Waals surface area contributed by atoms with E-state index in [-0.39, 0.29) is 24.5 Å². The van der Waals surface area contributed by atoms with Crippen molar-refractivity contribution in [2.24, 2.45) is 0 Å². The molecule has 0 N–H and O–H groups in total. The predicted octanol–water partition coefficient (Wildman–Crippen LogP) is 4.45. The van der Waals surface area contributed by atoms with E-state index in [1.165, 1.54) is 11.9 Å². The summed E-state index contributed by atoms with van der Waals surface area (Å²) in [5.41, 5.74) is -0.399. The molecule has 0 atom stereocenters. The molecule has 0 aliphatic carbocycles. The first-order valence-electron chi connectivity index (χ1n) is 7.79. The summed E-state index contributed by atoms with van der Waals surface area (Å²) in [6.45, 7) is 5.76. The van der Waals surface area contributed by atoms with E-state index >= 15 is 0 Å². The van der Waals surface area contributed by atoms with Gasteiger partial charge in [-0.25, -0.2) is 4.98 Å². The zero-order valence-electron chi connectivity index (χ0n) is 14.5. The summed E-state index contributed by atoms with van der Waals surface area (Å²) in [5.74, 6) is 0.365. The van der Waals surface area contributed by atoms with Crippen molar-refractivity contribution in [3.05, 3.63) is 36.0 Å². The largest absolute Gasteiger partial charge is 0.491 e. The zero-order valence-corrected chi connectivity index (χ0v) is 14.5.